The Kier molecular flexibility index (Phi) is 2.31. The van der Waals surface area contributed by atoms with Crippen LogP contribution in [-0.2, 0) is 4.74 Å². The average Bonchev–Trinajstić information content (AvgIpc) is 2.20. The third kappa shape index (κ3) is 1.72. The van der Waals surface area contributed by atoms with Gasteiger partial charge in [-0.3, -0.25) is 0 Å². The lowest BCUT2D eigenvalue weighted by Gasteiger charge is -2.27. The van der Waals surface area contributed by atoms with Gasteiger partial charge in [-0.05, 0) is 12.1 Å². The molecule has 1 fully saturated rings. The van der Waals surface area contributed by atoms with Gasteiger partial charge in [0.05, 0.1) is 13.2 Å². The van der Waals surface area contributed by atoms with Crippen molar-refractivity contribution in [2.75, 3.05) is 31.2 Å². The van der Waals surface area contributed by atoms with Gasteiger partial charge < -0.3 is 14.7 Å². The molecule has 2 rings (SSSR count). The Labute approximate surface area is 76.8 Å². The number of aromatic nitrogens is 1. The summed E-state index contributed by atoms with van der Waals surface area (Å²) in [5, 5.41) is 9.52. The predicted molar refractivity (Wildman–Crippen MR) is 48.9 cm³/mol. The van der Waals surface area contributed by atoms with Gasteiger partial charge >= 0.3 is 0 Å². The van der Waals surface area contributed by atoms with Gasteiger partial charge in [0.15, 0.2) is 11.6 Å². The van der Waals surface area contributed by atoms with Gasteiger partial charge in [0.2, 0.25) is 0 Å². The summed E-state index contributed by atoms with van der Waals surface area (Å²) < 4.78 is 5.21. The molecule has 0 spiro atoms. The minimum atomic E-state index is 0.240. The van der Waals surface area contributed by atoms with Crippen LogP contribution in [0.25, 0.3) is 0 Å². The zero-order chi connectivity index (χ0) is 9.10. The molecule has 0 atom stereocenters. The average molecular weight is 180 g/mol. The number of pyridine rings is 1. The lowest BCUT2D eigenvalue weighted by atomic mass is 10.3. The van der Waals surface area contributed by atoms with E-state index in [4.69, 9.17) is 4.74 Å². The van der Waals surface area contributed by atoms with Gasteiger partial charge in [-0.2, -0.15) is 0 Å². The number of rotatable bonds is 1. The summed E-state index contributed by atoms with van der Waals surface area (Å²) in [6.07, 6.45) is 1.69. The highest BCUT2D eigenvalue weighted by atomic mass is 16.5. The molecule has 2 heterocycles. The van der Waals surface area contributed by atoms with Crippen LogP contribution in [0.15, 0.2) is 18.3 Å². The zero-order valence-corrected chi connectivity index (χ0v) is 7.31. The van der Waals surface area contributed by atoms with Crippen LogP contribution in [0.5, 0.6) is 5.75 Å². The molecule has 1 aliphatic rings. The van der Waals surface area contributed by atoms with Crippen molar-refractivity contribution in [3.8, 4) is 5.75 Å². The lowest BCUT2D eigenvalue weighted by molar-refractivity contribution is 0.122. The number of ether oxygens (including phenoxy) is 1. The van der Waals surface area contributed by atoms with Crippen molar-refractivity contribution in [2.24, 2.45) is 0 Å². The van der Waals surface area contributed by atoms with Crippen LogP contribution in [0, 0.1) is 0 Å². The van der Waals surface area contributed by atoms with Gasteiger partial charge in [0, 0.05) is 19.3 Å². The second-order valence-corrected chi connectivity index (χ2v) is 2.95. The molecule has 0 bridgehead atoms. The minimum Gasteiger partial charge on any atom is -0.504 e. The molecule has 1 saturated heterocycles. The van der Waals surface area contributed by atoms with Crippen molar-refractivity contribution in [1.29, 1.82) is 0 Å². The molecule has 0 saturated carbocycles. The van der Waals surface area contributed by atoms with E-state index in [1.807, 2.05) is 4.90 Å². The van der Waals surface area contributed by atoms with Crippen molar-refractivity contribution < 1.29 is 9.84 Å². The smallest absolute Gasteiger partial charge is 0.171 e. The van der Waals surface area contributed by atoms with Crippen LogP contribution < -0.4 is 4.90 Å². The van der Waals surface area contributed by atoms with Crippen LogP contribution in [0.2, 0.25) is 0 Å². The normalized spacial score (nSPS) is 17.4. The van der Waals surface area contributed by atoms with Gasteiger partial charge in [-0.1, -0.05) is 0 Å². The Morgan fingerprint density at radius 1 is 1.38 bits per heavy atom. The van der Waals surface area contributed by atoms with E-state index in [1.54, 1.807) is 18.3 Å². The summed E-state index contributed by atoms with van der Waals surface area (Å²) in [7, 11) is 0. The number of hydrogen-bond donors (Lipinski definition) is 1. The summed E-state index contributed by atoms with van der Waals surface area (Å²) in [6, 6.07) is 3.37. The molecule has 0 unspecified atom stereocenters. The molecule has 1 aromatic heterocycles. The van der Waals surface area contributed by atoms with Crippen molar-refractivity contribution in [3.63, 3.8) is 0 Å². The van der Waals surface area contributed by atoms with Crippen molar-refractivity contribution in [2.45, 2.75) is 0 Å². The van der Waals surface area contributed by atoms with Crippen LogP contribution in [0.1, 0.15) is 0 Å². The Bertz CT molecular complexity index is 285. The van der Waals surface area contributed by atoms with Crippen molar-refractivity contribution in [1.82, 2.24) is 4.98 Å². The van der Waals surface area contributed by atoms with E-state index in [-0.39, 0.29) is 5.75 Å². The molecule has 1 N–H and O–H groups in total. The fourth-order valence-electron chi connectivity index (χ4n) is 1.41. The van der Waals surface area contributed by atoms with E-state index < -0.39 is 0 Å². The van der Waals surface area contributed by atoms with Crippen molar-refractivity contribution in [3.05, 3.63) is 18.3 Å². The first-order chi connectivity index (χ1) is 6.38. The van der Waals surface area contributed by atoms with Crippen LogP contribution in [0.3, 0.4) is 0 Å². The van der Waals surface area contributed by atoms with Gasteiger partial charge in [-0.25, -0.2) is 4.98 Å². The highest BCUT2D eigenvalue weighted by Crippen LogP contribution is 2.23. The maximum atomic E-state index is 9.52. The number of hydrogen-bond acceptors (Lipinski definition) is 4. The second-order valence-electron chi connectivity index (χ2n) is 2.95. The minimum absolute atomic E-state index is 0.240. The number of nitrogens with zero attached hydrogens (tertiary/aromatic N) is 2. The third-order valence-electron chi connectivity index (χ3n) is 2.08. The number of anilines is 1. The van der Waals surface area contributed by atoms with Crippen LogP contribution >= 0.6 is 0 Å². The fourth-order valence-corrected chi connectivity index (χ4v) is 1.41. The molecular weight excluding hydrogens is 168 g/mol. The maximum Gasteiger partial charge on any atom is 0.171 e. The lowest BCUT2D eigenvalue weighted by Crippen LogP contribution is -2.36. The van der Waals surface area contributed by atoms with E-state index in [2.05, 4.69) is 4.98 Å². The first-order valence-electron chi connectivity index (χ1n) is 4.34. The van der Waals surface area contributed by atoms with Crippen LogP contribution in [-0.4, -0.2) is 36.4 Å². The fraction of sp³-hybridized carbons (Fsp3) is 0.444. The van der Waals surface area contributed by atoms with E-state index in [0.29, 0.717) is 19.0 Å². The van der Waals surface area contributed by atoms with E-state index in [9.17, 15) is 5.11 Å². The highest BCUT2D eigenvalue weighted by Gasteiger charge is 2.14. The van der Waals surface area contributed by atoms with E-state index in [0.717, 1.165) is 13.1 Å². The SMILES string of the molecule is Oc1cccnc1N1CCOCC1. The molecule has 4 heteroatoms. The monoisotopic (exact) mass is 180 g/mol. The Hall–Kier alpha value is -1.29. The van der Waals surface area contributed by atoms with Crippen molar-refractivity contribution >= 4 is 5.82 Å². The molecule has 0 aliphatic carbocycles. The van der Waals surface area contributed by atoms with Crippen LogP contribution in [0.4, 0.5) is 5.82 Å². The van der Waals surface area contributed by atoms with Gasteiger partial charge in [-0.15, -0.1) is 0 Å². The summed E-state index contributed by atoms with van der Waals surface area (Å²) in [4.78, 5) is 6.15. The molecule has 0 radical (unpaired) electrons. The Balaban J connectivity index is 2.18. The highest BCUT2D eigenvalue weighted by molar-refractivity contribution is 5.51. The molecule has 0 amide bonds. The molecular formula is C9H12N2O2. The summed E-state index contributed by atoms with van der Waals surface area (Å²) >= 11 is 0. The van der Waals surface area contributed by atoms with E-state index in [1.165, 1.54) is 0 Å². The van der Waals surface area contributed by atoms with Gasteiger partial charge in [0.1, 0.15) is 0 Å². The third-order valence-corrected chi connectivity index (χ3v) is 2.08. The standard InChI is InChI=1S/C9H12N2O2/c12-8-2-1-3-10-9(8)11-4-6-13-7-5-11/h1-3,12H,4-7H2. The zero-order valence-electron chi connectivity index (χ0n) is 7.31. The second kappa shape index (κ2) is 3.62. The number of aromatic hydroxyl groups is 1. The molecule has 1 aliphatic heterocycles. The maximum absolute atomic E-state index is 9.52. The molecule has 0 aromatic carbocycles. The predicted octanol–water partition coefficient (Wildman–Crippen LogP) is 0.624. The Morgan fingerprint density at radius 2 is 2.15 bits per heavy atom. The van der Waals surface area contributed by atoms with Gasteiger partial charge in [0.25, 0.3) is 0 Å². The largest absolute Gasteiger partial charge is 0.504 e. The molecule has 70 valence electrons. The molecule has 4 nitrogen and oxygen atoms in total. The topological polar surface area (TPSA) is 45.6 Å². The summed E-state index contributed by atoms with van der Waals surface area (Å²) in [5.41, 5.74) is 0. The summed E-state index contributed by atoms with van der Waals surface area (Å²) in [6.45, 7) is 3.00. The molecule has 13 heavy (non-hydrogen) atoms. The van der Waals surface area contributed by atoms with E-state index >= 15 is 0 Å². The molecule has 1 aromatic rings. The Morgan fingerprint density at radius 3 is 2.85 bits per heavy atom. The summed E-state index contributed by atoms with van der Waals surface area (Å²) in [5.74, 6) is 0.898. The first kappa shape index (κ1) is 8.31. The first-order valence-corrected chi connectivity index (χ1v) is 4.34. The quantitative estimate of drug-likeness (QED) is 0.688. The number of morpholine rings is 1.